The second-order valence-corrected chi connectivity index (χ2v) is 7.49. The second-order valence-electron chi connectivity index (χ2n) is 7.49. The molecule has 1 aromatic heterocycles. The SMILES string of the molecule is CCn1c(CN2Cc3ccc(C(F)(F)F)cc3C2)ncc(OCc2ccccc2)c1=O. The van der Waals surface area contributed by atoms with Gasteiger partial charge in [0.1, 0.15) is 12.4 Å². The van der Waals surface area contributed by atoms with Crippen LogP contribution in [-0.2, 0) is 39.0 Å². The Morgan fingerprint density at radius 3 is 2.52 bits per heavy atom. The minimum atomic E-state index is -4.36. The molecule has 0 fully saturated rings. The van der Waals surface area contributed by atoms with Gasteiger partial charge in [-0.05, 0) is 35.7 Å². The quantitative estimate of drug-likeness (QED) is 0.584. The fourth-order valence-electron chi connectivity index (χ4n) is 3.75. The molecular formula is C23H22F3N3O2. The highest BCUT2D eigenvalue weighted by Crippen LogP contribution is 2.33. The molecule has 0 saturated carbocycles. The second kappa shape index (κ2) is 8.55. The van der Waals surface area contributed by atoms with Crippen molar-refractivity contribution in [1.82, 2.24) is 14.5 Å². The Bertz CT molecular complexity index is 1130. The standard InChI is InChI=1S/C23H22F3N3O2/c1-2-29-21(27-11-20(22(29)30)31-15-16-6-4-3-5-7-16)14-28-12-17-8-9-19(23(24,25)26)10-18(17)13-28/h3-11H,2,12-15H2,1H3. The van der Waals surface area contributed by atoms with E-state index in [0.29, 0.717) is 37.6 Å². The molecule has 4 rings (SSSR count). The molecule has 1 aliphatic heterocycles. The van der Waals surface area contributed by atoms with Crippen molar-refractivity contribution < 1.29 is 17.9 Å². The molecule has 2 aromatic carbocycles. The van der Waals surface area contributed by atoms with Gasteiger partial charge < -0.3 is 4.74 Å². The molecule has 0 N–H and O–H groups in total. The van der Waals surface area contributed by atoms with Gasteiger partial charge in [0.15, 0.2) is 0 Å². The summed E-state index contributed by atoms with van der Waals surface area (Å²) in [6, 6.07) is 13.4. The van der Waals surface area contributed by atoms with Gasteiger partial charge in [-0.15, -0.1) is 0 Å². The van der Waals surface area contributed by atoms with E-state index in [1.165, 1.54) is 18.3 Å². The molecule has 31 heavy (non-hydrogen) atoms. The summed E-state index contributed by atoms with van der Waals surface area (Å²) in [5, 5.41) is 0. The van der Waals surface area contributed by atoms with Crippen LogP contribution >= 0.6 is 0 Å². The average Bonchev–Trinajstić information content (AvgIpc) is 3.15. The lowest BCUT2D eigenvalue weighted by atomic mass is 10.1. The molecule has 0 atom stereocenters. The van der Waals surface area contributed by atoms with Gasteiger partial charge in [-0.1, -0.05) is 36.4 Å². The maximum Gasteiger partial charge on any atom is 0.416 e. The van der Waals surface area contributed by atoms with Crippen LogP contribution in [0.15, 0.2) is 59.5 Å². The Morgan fingerprint density at radius 2 is 1.81 bits per heavy atom. The number of nitrogens with zero attached hydrogens (tertiary/aromatic N) is 3. The number of ether oxygens (including phenoxy) is 1. The largest absolute Gasteiger partial charge is 0.482 e. The first-order valence-electron chi connectivity index (χ1n) is 10.0. The van der Waals surface area contributed by atoms with Crippen molar-refractivity contribution in [3.05, 3.63) is 93.2 Å². The zero-order chi connectivity index (χ0) is 22.0. The highest BCUT2D eigenvalue weighted by molar-refractivity contribution is 5.36. The molecule has 2 heterocycles. The van der Waals surface area contributed by atoms with E-state index in [1.54, 1.807) is 4.57 Å². The molecule has 162 valence electrons. The molecule has 8 heteroatoms. The van der Waals surface area contributed by atoms with Crippen LogP contribution in [0.3, 0.4) is 0 Å². The predicted octanol–water partition coefficient (Wildman–Crippen LogP) is 4.38. The van der Waals surface area contributed by atoms with Crippen molar-refractivity contribution in [1.29, 1.82) is 0 Å². The fraction of sp³-hybridized carbons (Fsp3) is 0.304. The fourth-order valence-corrected chi connectivity index (χ4v) is 3.75. The maximum atomic E-state index is 13.0. The van der Waals surface area contributed by atoms with Gasteiger partial charge in [0.2, 0.25) is 5.75 Å². The molecular weight excluding hydrogens is 407 g/mol. The summed E-state index contributed by atoms with van der Waals surface area (Å²) in [7, 11) is 0. The first-order valence-corrected chi connectivity index (χ1v) is 10.0. The van der Waals surface area contributed by atoms with Gasteiger partial charge in [-0.2, -0.15) is 13.2 Å². The van der Waals surface area contributed by atoms with E-state index in [1.807, 2.05) is 42.2 Å². The highest BCUT2D eigenvalue weighted by atomic mass is 19.4. The van der Waals surface area contributed by atoms with Gasteiger partial charge in [0, 0.05) is 19.6 Å². The molecule has 0 spiro atoms. The van der Waals surface area contributed by atoms with Gasteiger partial charge in [0.05, 0.1) is 18.3 Å². The highest BCUT2D eigenvalue weighted by Gasteiger charge is 2.32. The Hall–Kier alpha value is -3.13. The van der Waals surface area contributed by atoms with Crippen LogP contribution in [-0.4, -0.2) is 14.5 Å². The number of benzene rings is 2. The Balaban J connectivity index is 1.48. The van der Waals surface area contributed by atoms with Gasteiger partial charge in [-0.25, -0.2) is 4.98 Å². The van der Waals surface area contributed by atoms with Crippen molar-refractivity contribution >= 4 is 0 Å². The maximum absolute atomic E-state index is 13.0. The summed E-state index contributed by atoms with van der Waals surface area (Å²) in [6.45, 7) is 3.79. The monoisotopic (exact) mass is 429 g/mol. The van der Waals surface area contributed by atoms with Crippen molar-refractivity contribution in [2.75, 3.05) is 0 Å². The van der Waals surface area contributed by atoms with Crippen LogP contribution in [0, 0.1) is 0 Å². The smallest absolute Gasteiger partial charge is 0.416 e. The molecule has 5 nitrogen and oxygen atoms in total. The first kappa shape index (κ1) is 21.1. The third-order valence-corrected chi connectivity index (χ3v) is 5.34. The average molecular weight is 429 g/mol. The summed E-state index contributed by atoms with van der Waals surface area (Å²) in [5.74, 6) is 0.734. The van der Waals surface area contributed by atoms with Crippen molar-refractivity contribution in [3.63, 3.8) is 0 Å². The van der Waals surface area contributed by atoms with E-state index in [-0.39, 0.29) is 17.9 Å². The van der Waals surface area contributed by atoms with Crippen molar-refractivity contribution in [3.8, 4) is 5.75 Å². The van der Waals surface area contributed by atoms with Crippen molar-refractivity contribution in [2.45, 2.75) is 45.9 Å². The molecule has 0 aliphatic carbocycles. The van der Waals surface area contributed by atoms with E-state index >= 15 is 0 Å². The van der Waals surface area contributed by atoms with Crippen LogP contribution in [0.1, 0.15) is 35.0 Å². The zero-order valence-electron chi connectivity index (χ0n) is 17.0. The summed E-state index contributed by atoms with van der Waals surface area (Å²) < 4.78 is 46.2. The van der Waals surface area contributed by atoms with Gasteiger partial charge in [0.25, 0.3) is 5.56 Å². The molecule has 3 aromatic rings. The van der Waals surface area contributed by atoms with E-state index in [9.17, 15) is 18.0 Å². The molecule has 1 aliphatic rings. The van der Waals surface area contributed by atoms with E-state index in [4.69, 9.17) is 4.74 Å². The third-order valence-electron chi connectivity index (χ3n) is 5.34. The first-order chi connectivity index (χ1) is 14.8. The lowest BCUT2D eigenvalue weighted by Crippen LogP contribution is -2.29. The van der Waals surface area contributed by atoms with Crippen LogP contribution in [0.2, 0.25) is 0 Å². The van der Waals surface area contributed by atoms with Crippen LogP contribution in [0.5, 0.6) is 5.75 Å². The van der Waals surface area contributed by atoms with Gasteiger partial charge in [-0.3, -0.25) is 14.3 Å². The van der Waals surface area contributed by atoms with Crippen LogP contribution in [0.4, 0.5) is 13.2 Å². The van der Waals surface area contributed by atoms with E-state index in [2.05, 4.69) is 4.98 Å². The lowest BCUT2D eigenvalue weighted by Gasteiger charge is -2.18. The number of fused-ring (bicyclic) bond motifs is 1. The number of hydrogen-bond donors (Lipinski definition) is 0. The van der Waals surface area contributed by atoms with Gasteiger partial charge >= 0.3 is 6.18 Å². The summed E-state index contributed by atoms with van der Waals surface area (Å²) >= 11 is 0. The third kappa shape index (κ3) is 4.64. The Labute approximate surface area is 177 Å². The molecule has 0 radical (unpaired) electrons. The summed E-state index contributed by atoms with van der Waals surface area (Å²) in [4.78, 5) is 19.2. The number of halogens is 3. The number of hydrogen-bond acceptors (Lipinski definition) is 4. The summed E-state index contributed by atoms with van der Waals surface area (Å²) in [6.07, 6.45) is -2.93. The number of alkyl halides is 3. The molecule has 0 unspecified atom stereocenters. The minimum Gasteiger partial charge on any atom is -0.482 e. The van der Waals surface area contributed by atoms with Crippen LogP contribution in [0.25, 0.3) is 0 Å². The Morgan fingerprint density at radius 1 is 1.06 bits per heavy atom. The summed E-state index contributed by atoms with van der Waals surface area (Å²) in [5.41, 5.74) is 1.56. The molecule has 0 saturated heterocycles. The minimum absolute atomic E-state index is 0.175. The van der Waals surface area contributed by atoms with Crippen LogP contribution < -0.4 is 10.3 Å². The topological polar surface area (TPSA) is 47.4 Å². The molecule has 0 bridgehead atoms. The van der Waals surface area contributed by atoms with E-state index < -0.39 is 11.7 Å². The molecule has 0 amide bonds. The Kier molecular flexibility index (Phi) is 5.82. The number of rotatable bonds is 6. The number of aromatic nitrogens is 2. The predicted molar refractivity (Wildman–Crippen MR) is 109 cm³/mol. The van der Waals surface area contributed by atoms with E-state index in [0.717, 1.165) is 17.2 Å². The van der Waals surface area contributed by atoms with Crippen molar-refractivity contribution in [2.24, 2.45) is 0 Å². The lowest BCUT2D eigenvalue weighted by molar-refractivity contribution is -0.137. The zero-order valence-corrected chi connectivity index (χ0v) is 17.0. The normalized spacial score (nSPS) is 13.9.